The Morgan fingerprint density at radius 3 is 2.76 bits per heavy atom. The van der Waals surface area contributed by atoms with Gasteiger partial charge in [0, 0.05) is 11.6 Å². The van der Waals surface area contributed by atoms with Crippen LogP contribution in [0.1, 0.15) is 34.8 Å². The molecule has 0 unspecified atom stereocenters. The standard InChI is InChI=1S/C12H16N2O3/c1-17-11-9(12(15)16)2-3-10(14-11)8-4-6-13-7-5-8/h2-3,8,13H,4-7H2,1H3,(H,15,16). The number of nitrogens with one attached hydrogen (secondary N) is 1. The monoisotopic (exact) mass is 236 g/mol. The van der Waals surface area contributed by atoms with Crippen molar-refractivity contribution in [3.8, 4) is 5.88 Å². The Balaban J connectivity index is 2.27. The summed E-state index contributed by atoms with van der Waals surface area (Å²) >= 11 is 0. The Hall–Kier alpha value is -1.62. The van der Waals surface area contributed by atoms with Crippen molar-refractivity contribution in [1.82, 2.24) is 10.3 Å². The van der Waals surface area contributed by atoms with E-state index < -0.39 is 5.97 Å². The Morgan fingerprint density at radius 1 is 1.47 bits per heavy atom. The molecule has 1 fully saturated rings. The molecule has 1 aromatic heterocycles. The summed E-state index contributed by atoms with van der Waals surface area (Å²) in [4.78, 5) is 15.2. The fraction of sp³-hybridized carbons (Fsp3) is 0.500. The van der Waals surface area contributed by atoms with E-state index in [1.165, 1.54) is 7.11 Å². The van der Waals surface area contributed by atoms with Gasteiger partial charge in [0.25, 0.3) is 0 Å². The fourth-order valence-corrected chi connectivity index (χ4v) is 2.12. The highest BCUT2D eigenvalue weighted by Gasteiger charge is 2.19. The topological polar surface area (TPSA) is 71.5 Å². The number of ether oxygens (including phenoxy) is 1. The molecule has 1 aliphatic heterocycles. The van der Waals surface area contributed by atoms with Crippen molar-refractivity contribution in [2.75, 3.05) is 20.2 Å². The van der Waals surface area contributed by atoms with E-state index in [0.717, 1.165) is 31.6 Å². The van der Waals surface area contributed by atoms with Gasteiger partial charge in [0.05, 0.1) is 7.11 Å². The first-order chi connectivity index (χ1) is 8.22. The number of nitrogens with zero attached hydrogens (tertiary/aromatic N) is 1. The third-order valence-corrected chi connectivity index (χ3v) is 3.06. The van der Waals surface area contributed by atoms with Crippen molar-refractivity contribution in [3.63, 3.8) is 0 Å². The lowest BCUT2D eigenvalue weighted by atomic mass is 9.94. The van der Waals surface area contributed by atoms with Crippen LogP contribution >= 0.6 is 0 Å². The molecule has 0 bridgehead atoms. The van der Waals surface area contributed by atoms with Crippen LogP contribution in [0.25, 0.3) is 0 Å². The van der Waals surface area contributed by atoms with Crippen molar-refractivity contribution in [2.45, 2.75) is 18.8 Å². The molecule has 0 radical (unpaired) electrons. The van der Waals surface area contributed by atoms with Crippen LogP contribution in [0.2, 0.25) is 0 Å². The second kappa shape index (κ2) is 5.14. The van der Waals surface area contributed by atoms with Gasteiger partial charge in [0.15, 0.2) is 0 Å². The molecule has 17 heavy (non-hydrogen) atoms. The van der Waals surface area contributed by atoms with Crippen LogP contribution in [-0.4, -0.2) is 36.3 Å². The van der Waals surface area contributed by atoms with Gasteiger partial charge in [-0.25, -0.2) is 9.78 Å². The molecule has 5 nitrogen and oxygen atoms in total. The number of hydrogen-bond donors (Lipinski definition) is 2. The number of carboxylic acids is 1. The predicted molar refractivity (Wildman–Crippen MR) is 62.6 cm³/mol. The molecule has 5 heteroatoms. The Labute approximate surface area is 99.8 Å². The highest BCUT2D eigenvalue weighted by molar-refractivity contribution is 5.90. The number of aromatic nitrogens is 1. The fourth-order valence-electron chi connectivity index (χ4n) is 2.12. The number of pyridine rings is 1. The molecule has 1 aromatic rings. The van der Waals surface area contributed by atoms with E-state index in [1.807, 2.05) is 0 Å². The Bertz CT molecular complexity index is 414. The summed E-state index contributed by atoms with van der Waals surface area (Å²) in [6.07, 6.45) is 2.06. The molecule has 2 heterocycles. The van der Waals surface area contributed by atoms with Gasteiger partial charge in [0.2, 0.25) is 5.88 Å². The zero-order chi connectivity index (χ0) is 12.3. The van der Waals surface area contributed by atoms with Crippen LogP contribution in [0.3, 0.4) is 0 Å². The van der Waals surface area contributed by atoms with Crippen LogP contribution in [0.15, 0.2) is 12.1 Å². The van der Waals surface area contributed by atoms with E-state index in [0.29, 0.717) is 5.92 Å². The summed E-state index contributed by atoms with van der Waals surface area (Å²) < 4.78 is 5.03. The summed E-state index contributed by atoms with van der Waals surface area (Å²) in [6, 6.07) is 3.37. The number of aromatic carboxylic acids is 1. The molecule has 0 aliphatic carbocycles. The molecule has 2 N–H and O–H groups in total. The van der Waals surface area contributed by atoms with Crippen LogP contribution in [0.4, 0.5) is 0 Å². The summed E-state index contributed by atoms with van der Waals surface area (Å²) in [7, 11) is 1.45. The quantitative estimate of drug-likeness (QED) is 0.826. The lowest BCUT2D eigenvalue weighted by Crippen LogP contribution is -2.27. The first-order valence-corrected chi connectivity index (χ1v) is 5.71. The number of rotatable bonds is 3. The van der Waals surface area contributed by atoms with Crippen molar-refractivity contribution in [3.05, 3.63) is 23.4 Å². The van der Waals surface area contributed by atoms with Gasteiger partial charge in [-0.05, 0) is 38.1 Å². The van der Waals surface area contributed by atoms with Crippen molar-refractivity contribution >= 4 is 5.97 Å². The van der Waals surface area contributed by atoms with Crippen LogP contribution in [-0.2, 0) is 0 Å². The van der Waals surface area contributed by atoms with E-state index in [-0.39, 0.29) is 11.4 Å². The first kappa shape index (κ1) is 11.9. The molecule has 0 spiro atoms. The molecule has 92 valence electrons. The molecule has 0 aromatic carbocycles. The minimum Gasteiger partial charge on any atom is -0.480 e. The SMILES string of the molecule is COc1nc(C2CCNCC2)ccc1C(=O)O. The minimum absolute atomic E-state index is 0.116. The van der Waals surface area contributed by atoms with Gasteiger partial charge in [-0.15, -0.1) is 0 Å². The second-order valence-corrected chi connectivity index (χ2v) is 4.12. The summed E-state index contributed by atoms with van der Waals surface area (Å²) in [5.41, 5.74) is 1.04. The van der Waals surface area contributed by atoms with Gasteiger partial charge in [-0.3, -0.25) is 0 Å². The Morgan fingerprint density at radius 2 is 2.18 bits per heavy atom. The normalized spacial score (nSPS) is 16.8. The van der Waals surface area contributed by atoms with Gasteiger partial charge < -0.3 is 15.2 Å². The average Bonchev–Trinajstić information content (AvgIpc) is 2.39. The van der Waals surface area contributed by atoms with Gasteiger partial charge >= 0.3 is 5.97 Å². The van der Waals surface area contributed by atoms with Gasteiger partial charge in [-0.2, -0.15) is 0 Å². The molecule has 0 atom stereocenters. The second-order valence-electron chi connectivity index (χ2n) is 4.12. The van der Waals surface area contributed by atoms with Crippen molar-refractivity contribution in [1.29, 1.82) is 0 Å². The molecule has 0 saturated carbocycles. The first-order valence-electron chi connectivity index (χ1n) is 5.71. The van der Waals surface area contributed by atoms with E-state index in [1.54, 1.807) is 12.1 Å². The van der Waals surface area contributed by atoms with E-state index in [2.05, 4.69) is 10.3 Å². The molecule has 1 aliphatic rings. The minimum atomic E-state index is -1.01. The van der Waals surface area contributed by atoms with Gasteiger partial charge in [-0.1, -0.05) is 0 Å². The molecular weight excluding hydrogens is 220 g/mol. The number of carboxylic acid groups (broad SMARTS) is 1. The number of piperidine rings is 1. The maximum atomic E-state index is 10.9. The molecule has 2 rings (SSSR count). The predicted octanol–water partition coefficient (Wildman–Crippen LogP) is 1.26. The van der Waals surface area contributed by atoms with Crippen LogP contribution in [0, 0.1) is 0 Å². The van der Waals surface area contributed by atoms with E-state index >= 15 is 0 Å². The number of hydrogen-bond acceptors (Lipinski definition) is 4. The smallest absolute Gasteiger partial charge is 0.341 e. The molecular formula is C12H16N2O3. The lowest BCUT2D eigenvalue weighted by Gasteiger charge is -2.22. The zero-order valence-electron chi connectivity index (χ0n) is 9.77. The Kier molecular flexibility index (Phi) is 3.58. The largest absolute Gasteiger partial charge is 0.480 e. The number of methoxy groups -OCH3 is 1. The number of carbonyl (C=O) groups is 1. The summed E-state index contributed by atoms with van der Waals surface area (Å²) in [5, 5.41) is 12.3. The van der Waals surface area contributed by atoms with Crippen LogP contribution in [0.5, 0.6) is 5.88 Å². The van der Waals surface area contributed by atoms with E-state index in [4.69, 9.17) is 9.84 Å². The third kappa shape index (κ3) is 2.55. The maximum absolute atomic E-state index is 10.9. The highest BCUT2D eigenvalue weighted by Crippen LogP contribution is 2.26. The zero-order valence-corrected chi connectivity index (χ0v) is 9.77. The lowest BCUT2D eigenvalue weighted by molar-refractivity contribution is 0.0692. The van der Waals surface area contributed by atoms with Crippen molar-refractivity contribution in [2.24, 2.45) is 0 Å². The van der Waals surface area contributed by atoms with Crippen LogP contribution < -0.4 is 10.1 Å². The van der Waals surface area contributed by atoms with Gasteiger partial charge in [0.1, 0.15) is 5.56 Å². The molecule has 0 amide bonds. The summed E-state index contributed by atoms with van der Waals surface area (Å²) in [5.74, 6) is -0.410. The van der Waals surface area contributed by atoms with Crippen molar-refractivity contribution < 1.29 is 14.6 Å². The van der Waals surface area contributed by atoms with E-state index in [9.17, 15) is 4.79 Å². The molecule has 1 saturated heterocycles. The third-order valence-electron chi connectivity index (χ3n) is 3.06. The highest BCUT2D eigenvalue weighted by atomic mass is 16.5. The maximum Gasteiger partial charge on any atom is 0.341 e. The summed E-state index contributed by atoms with van der Waals surface area (Å²) in [6.45, 7) is 1.96. The average molecular weight is 236 g/mol.